The molecule has 1 amide bonds. The fraction of sp³-hybridized carbons (Fsp3) is 0.364. The van der Waals surface area contributed by atoms with Crippen LogP contribution in [0.1, 0.15) is 10.4 Å². The molecule has 0 saturated carbocycles. The van der Waals surface area contributed by atoms with Crippen LogP contribution in [-0.2, 0) is 0 Å². The maximum absolute atomic E-state index is 13.1. The molecule has 0 N–H and O–H groups in total. The first-order valence-corrected chi connectivity index (χ1v) is 6.37. The number of rotatable bonds is 5. The van der Waals surface area contributed by atoms with Crippen molar-refractivity contribution in [2.75, 3.05) is 19.0 Å². The summed E-state index contributed by atoms with van der Waals surface area (Å²) >= 11 is 8.54. The summed E-state index contributed by atoms with van der Waals surface area (Å²) in [6.45, 7) is -0.748. The highest BCUT2D eigenvalue weighted by molar-refractivity contribution is 9.10. The normalized spacial score (nSPS) is 10.8. The predicted molar refractivity (Wildman–Crippen MR) is 66.7 cm³/mol. The molecule has 18 heavy (non-hydrogen) atoms. The Kier molecular flexibility index (Phi) is 5.95. The number of hydrogen-bond donors (Lipinski definition) is 0. The molecule has 0 aliphatic heterocycles. The van der Waals surface area contributed by atoms with Crippen LogP contribution in [0.2, 0.25) is 0 Å². The van der Waals surface area contributed by atoms with Gasteiger partial charge in [-0.2, -0.15) is 0 Å². The molecule has 0 unspecified atom stereocenters. The van der Waals surface area contributed by atoms with Crippen molar-refractivity contribution in [1.29, 1.82) is 0 Å². The van der Waals surface area contributed by atoms with Crippen LogP contribution in [0.25, 0.3) is 0 Å². The van der Waals surface area contributed by atoms with Gasteiger partial charge in [0.15, 0.2) is 0 Å². The highest BCUT2D eigenvalue weighted by Gasteiger charge is 2.21. The van der Waals surface area contributed by atoms with Crippen LogP contribution in [-0.4, -0.2) is 36.2 Å². The average molecular weight is 345 g/mol. The van der Waals surface area contributed by atoms with Gasteiger partial charge < -0.3 is 4.90 Å². The zero-order chi connectivity index (χ0) is 13.7. The fourth-order valence-corrected chi connectivity index (χ4v) is 2.00. The van der Waals surface area contributed by atoms with E-state index in [0.29, 0.717) is 4.47 Å². The first kappa shape index (κ1) is 15.3. The summed E-state index contributed by atoms with van der Waals surface area (Å²) in [5.74, 6) is -1.25. The van der Waals surface area contributed by atoms with Gasteiger partial charge in [0.25, 0.3) is 12.3 Å². The van der Waals surface area contributed by atoms with Crippen molar-refractivity contribution in [3.63, 3.8) is 0 Å². The molecule has 0 aromatic heterocycles. The van der Waals surface area contributed by atoms with Crippen LogP contribution in [0.4, 0.5) is 13.2 Å². The van der Waals surface area contributed by atoms with Gasteiger partial charge in [-0.05, 0) is 34.1 Å². The quantitative estimate of drug-likeness (QED) is 0.748. The maximum atomic E-state index is 13.1. The second-order valence-electron chi connectivity index (χ2n) is 3.46. The van der Waals surface area contributed by atoms with Crippen molar-refractivity contribution in [3.8, 4) is 0 Å². The smallest absolute Gasteiger partial charge is 0.255 e. The van der Waals surface area contributed by atoms with E-state index >= 15 is 0 Å². The highest BCUT2D eigenvalue weighted by Crippen LogP contribution is 2.20. The van der Waals surface area contributed by atoms with Crippen LogP contribution >= 0.6 is 27.5 Å². The van der Waals surface area contributed by atoms with Crippen molar-refractivity contribution in [2.24, 2.45) is 0 Å². The van der Waals surface area contributed by atoms with E-state index in [1.54, 1.807) is 0 Å². The van der Waals surface area contributed by atoms with Crippen molar-refractivity contribution >= 4 is 33.4 Å². The summed E-state index contributed by atoms with van der Waals surface area (Å²) in [5.41, 5.74) is 0.000710. The first-order chi connectivity index (χ1) is 8.45. The fourth-order valence-electron chi connectivity index (χ4n) is 1.38. The number of halogens is 5. The van der Waals surface area contributed by atoms with Gasteiger partial charge in [-0.3, -0.25) is 4.79 Å². The van der Waals surface area contributed by atoms with E-state index in [9.17, 15) is 18.0 Å². The van der Waals surface area contributed by atoms with Gasteiger partial charge in [-0.25, -0.2) is 13.2 Å². The minimum Gasteiger partial charge on any atom is -0.332 e. The molecule has 100 valence electrons. The molecule has 0 atom stereocenters. The predicted octanol–water partition coefficient (Wildman–Crippen LogP) is 3.53. The summed E-state index contributed by atoms with van der Waals surface area (Å²) in [4.78, 5) is 12.9. The van der Waals surface area contributed by atoms with E-state index in [4.69, 9.17) is 11.6 Å². The zero-order valence-corrected chi connectivity index (χ0v) is 11.5. The van der Waals surface area contributed by atoms with E-state index in [0.717, 1.165) is 11.0 Å². The van der Waals surface area contributed by atoms with Gasteiger partial charge in [0.2, 0.25) is 0 Å². The molecular formula is C11H10BrClF3NO. The Morgan fingerprint density at radius 1 is 1.44 bits per heavy atom. The Balaban J connectivity index is 2.97. The molecule has 1 rings (SSSR count). The number of hydrogen-bond acceptors (Lipinski definition) is 1. The molecule has 0 radical (unpaired) electrons. The molecule has 0 heterocycles. The Morgan fingerprint density at radius 3 is 2.67 bits per heavy atom. The number of carbonyl (C=O) groups is 1. The lowest BCUT2D eigenvalue weighted by molar-refractivity contribution is 0.0570. The second kappa shape index (κ2) is 6.99. The SMILES string of the molecule is O=C(c1cc(F)ccc1Br)N(CCCl)CC(F)F. The van der Waals surface area contributed by atoms with E-state index in [-0.39, 0.29) is 18.0 Å². The Hall–Kier alpha value is -0.750. The molecule has 2 nitrogen and oxygen atoms in total. The van der Waals surface area contributed by atoms with E-state index in [2.05, 4.69) is 15.9 Å². The Morgan fingerprint density at radius 2 is 2.11 bits per heavy atom. The summed E-state index contributed by atoms with van der Waals surface area (Å²) in [6, 6.07) is 3.52. The highest BCUT2D eigenvalue weighted by atomic mass is 79.9. The third-order valence-corrected chi connectivity index (χ3v) is 3.02. The minimum atomic E-state index is -2.66. The maximum Gasteiger partial charge on any atom is 0.255 e. The molecule has 1 aromatic rings. The third kappa shape index (κ3) is 4.17. The largest absolute Gasteiger partial charge is 0.332 e. The Bertz CT molecular complexity index is 431. The zero-order valence-electron chi connectivity index (χ0n) is 9.18. The number of alkyl halides is 3. The lowest BCUT2D eigenvalue weighted by atomic mass is 10.2. The van der Waals surface area contributed by atoms with Crippen molar-refractivity contribution in [1.82, 2.24) is 4.90 Å². The molecular weight excluding hydrogens is 334 g/mol. The first-order valence-electron chi connectivity index (χ1n) is 5.04. The van der Waals surface area contributed by atoms with Crippen LogP contribution in [0.15, 0.2) is 22.7 Å². The summed E-state index contributed by atoms with van der Waals surface area (Å²) < 4.78 is 38.1. The molecule has 0 spiro atoms. The number of nitrogens with zero attached hydrogens (tertiary/aromatic N) is 1. The van der Waals surface area contributed by atoms with Gasteiger partial charge >= 0.3 is 0 Å². The number of carbonyl (C=O) groups excluding carboxylic acids is 1. The van der Waals surface area contributed by atoms with Crippen LogP contribution in [0, 0.1) is 5.82 Å². The standard InChI is InChI=1S/C11H10BrClF3NO/c12-9-2-1-7(14)5-8(9)11(18)17(4-3-13)6-10(15)16/h1-2,5,10H,3-4,6H2. The summed E-state index contributed by atoms with van der Waals surface area (Å²) in [6.07, 6.45) is -2.66. The minimum absolute atomic E-state index is 0.000710. The Labute approximate surface area is 116 Å². The lowest BCUT2D eigenvalue weighted by Gasteiger charge is -2.21. The summed E-state index contributed by atoms with van der Waals surface area (Å²) in [7, 11) is 0. The monoisotopic (exact) mass is 343 g/mol. The van der Waals surface area contributed by atoms with E-state index in [1.165, 1.54) is 12.1 Å². The third-order valence-electron chi connectivity index (χ3n) is 2.16. The van der Waals surface area contributed by atoms with Crippen molar-refractivity contribution in [2.45, 2.75) is 6.43 Å². The van der Waals surface area contributed by atoms with Gasteiger partial charge in [-0.1, -0.05) is 0 Å². The van der Waals surface area contributed by atoms with E-state index in [1.807, 2.05) is 0 Å². The number of amides is 1. The molecule has 0 bridgehead atoms. The van der Waals surface area contributed by atoms with Gasteiger partial charge in [0.1, 0.15) is 5.82 Å². The lowest BCUT2D eigenvalue weighted by Crippen LogP contribution is -2.36. The van der Waals surface area contributed by atoms with Crippen LogP contribution < -0.4 is 0 Å². The summed E-state index contributed by atoms with van der Waals surface area (Å²) in [5, 5.41) is 0. The topological polar surface area (TPSA) is 20.3 Å². The van der Waals surface area contributed by atoms with Crippen molar-refractivity contribution < 1.29 is 18.0 Å². The van der Waals surface area contributed by atoms with Crippen LogP contribution in [0.3, 0.4) is 0 Å². The van der Waals surface area contributed by atoms with Gasteiger partial charge in [-0.15, -0.1) is 11.6 Å². The van der Waals surface area contributed by atoms with Crippen molar-refractivity contribution in [3.05, 3.63) is 34.1 Å². The molecule has 0 aliphatic carbocycles. The van der Waals surface area contributed by atoms with Gasteiger partial charge in [0, 0.05) is 16.9 Å². The molecule has 0 fully saturated rings. The number of benzene rings is 1. The molecule has 1 aromatic carbocycles. The van der Waals surface area contributed by atoms with Crippen LogP contribution in [0.5, 0.6) is 0 Å². The molecule has 7 heteroatoms. The average Bonchev–Trinajstić information content (AvgIpc) is 2.30. The molecule has 0 saturated heterocycles. The van der Waals surface area contributed by atoms with E-state index < -0.39 is 24.7 Å². The van der Waals surface area contributed by atoms with Gasteiger partial charge in [0.05, 0.1) is 12.1 Å². The molecule has 0 aliphatic rings. The second-order valence-corrected chi connectivity index (χ2v) is 4.69.